The topological polar surface area (TPSA) is 12.5 Å². The van der Waals surface area contributed by atoms with Gasteiger partial charge in [0.1, 0.15) is 11.6 Å². The van der Waals surface area contributed by atoms with Crippen LogP contribution in [0.3, 0.4) is 0 Å². The molecule has 2 bridgehead atoms. The fourth-order valence-electron chi connectivity index (χ4n) is 3.35. The molecule has 2 aliphatic rings. The second-order valence-electron chi connectivity index (χ2n) is 5.90. The van der Waals surface area contributed by atoms with E-state index < -0.39 is 0 Å². The molecule has 1 saturated heterocycles. The molecule has 0 aromatic heterocycles. The Morgan fingerprint density at radius 3 is 2.80 bits per heavy atom. The quantitative estimate of drug-likeness (QED) is 0.775. The fourth-order valence-corrected chi connectivity index (χ4v) is 3.35. The molecule has 20 heavy (non-hydrogen) atoms. The number of fused-ring (bicyclic) bond motifs is 2. The van der Waals surface area contributed by atoms with E-state index in [1.165, 1.54) is 43.4 Å². The highest BCUT2D eigenvalue weighted by atomic mass is 19.1. The summed E-state index contributed by atoms with van der Waals surface area (Å²) in [4.78, 5) is 2.52. The molecule has 2 heterocycles. The summed E-state index contributed by atoms with van der Waals surface area (Å²) in [6.07, 6.45) is 8.57. The summed E-state index contributed by atoms with van der Waals surface area (Å²) in [5.74, 6) is 0.531. The van der Waals surface area contributed by atoms with Gasteiger partial charge in [0.15, 0.2) is 0 Å². The van der Waals surface area contributed by atoms with Crippen LogP contribution in [-0.4, -0.2) is 30.6 Å². The molecule has 0 spiro atoms. The van der Waals surface area contributed by atoms with E-state index in [9.17, 15) is 4.39 Å². The van der Waals surface area contributed by atoms with Crippen LogP contribution in [0.15, 0.2) is 35.9 Å². The van der Waals surface area contributed by atoms with E-state index >= 15 is 0 Å². The predicted octanol–water partition coefficient (Wildman–Crippen LogP) is 3.78. The number of hydrogen-bond acceptors (Lipinski definition) is 2. The molecule has 1 aromatic rings. The van der Waals surface area contributed by atoms with E-state index in [1.807, 2.05) is 0 Å². The first kappa shape index (κ1) is 13.6. The second-order valence-corrected chi connectivity index (χ2v) is 5.90. The van der Waals surface area contributed by atoms with Gasteiger partial charge in [0.2, 0.25) is 0 Å². The molecule has 1 fully saturated rings. The number of benzene rings is 1. The van der Waals surface area contributed by atoms with Crippen molar-refractivity contribution in [2.45, 2.75) is 44.2 Å². The number of halogens is 1. The van der Waals surface area contributed by atoms with Crippen LogP contribution in [0.25, 0.3) is 0 Å². The molecule has 2 atom stereocenters. The Hall–Kier alpha value is -1.35. The van der Waals surface area contributed by atoms with Gasteiger partial charge in [-0.05, 0) is 50.6 Å². The zero-order chi connectivity index (χ0) is 13.9. The molecule has 1 aromatic carbocycles. The largest absolute Gasteiger partial charge is 0.493 e. The number of piperidine rings is 1. The smallest absolute Gasteiger partial charge is 0.123 e. The van der Waals surface area contributed by atoms with E-state index in [0.717, 1.165) is 18.2 Å². The Morgan fingerprint density at radius 1 is 1.25 bits per heavy atom. The fraction of sp³-hybridized carbons (Fsp3) is 0.529. The van der Waals surface area contributed by atoms with Gasteiger partial charge < -0.3 is 4.74 Å². The minimum atomic E-state index is -0.219. The van der Waals surface area contributed by atoms with Gasteiger partial charge in [-0.1, -0.05) is 18.1 Å². The van der Waals surface area contributed by atoms with Crippen LogP contribution < -0.4 is 4.74 Å². The predicted molar refractivity (Wildman–Crippen MR) is 78.4 cm³/mol. The molecule has 0 amide bonds. The normalized spacial score (nSPS) is 26.2. The molecule has 0 N–H and O–H groups in total. The van der Waals surface area contributed by atoms with Gasteiger partial charge in [0, 0.05) is 18.5 Å². The summed E-state index contributed by atoms with van der Waals surface area (Å²) in [7, 11) is 2.25. The van der Waals surface area contributed by atoms with E-state index in [4.69, 9.17) is 4.74 Å². The highest BCUT2D eigenvalue weighted by Crippen LogP contribution is 2.32. The number of likely N-dealkylation sites (N-methyl/N-ethyl adjacent to an activating group) is 1. The van der Waals surface area contributed by atoms with Gasteiger partial charge in [-0.2, -0.15) is 0 Å². The third-order valence-electron chi connectivity index (χ3n) is 4.57. The van der Waals surface area contributed by atoms with Crippen LogP contribution in [0.1, 0.15) is 32.1 Å². The Bertz CT molecular complexity index is 482. The first-order valence-corrected chi connectivity index (χ1v) is 7.52. The summed E-state index contributed by atoms with van der Waals surface area (Å²) < 4.78 is 18.5. The van der Waals surface area contributed by atoms with Crippen LogP contribution in [0.4, 0.5) is 4.39 Å². The van der Waals surface area contributed by atoms with Crippen LogP contribution >= 0.6 is 0 Å². The van der Waals surface area contributed by atoms with Crippen LogP contribution in [-0.2, 0) is 0 Å². The standard InChI is InChI=1S/C17H22FNO/c1-19-15-3-2-4-16(19)12-13(11-15)9-10-20-17-7-5-14(18)6-8-17/h5-8,11,15-16H,2-4,9-10,12H2,1H3. The minimum Gasteiger partial charge on any atom is -0.493 e. The highest BCUT2D eigenvalue weighted by Gasteiger charge is 2.30. The zero-order valence-corrected chi connectivity index (χ0v) is 12.0. The zero-order valence-electron chi connectivity index (χ0n) is 12.0. The van der Waals surface area contributed by atoms with Crippen molar-refractivity contribution in [2.24, 2.45) is 0 Å². The van der Waals surface area contributed by atoms with E-state index in [-0.39, 0.29) is 5.82 Å². The number of rotatable bonds is 4. The molecule has 2 nitrogen and oxygen atoms in total. The number of ether oxygens (including phenoxy) is 1. The van der Waals surface area contributed by atoms with Gasteiger partial charge in [0.25, 0.3) is 0 Å². The monoisotopic (exact) mass is 275 g/mol. The summed E-state index contributed by atoms with van der Waals surface area (Å²) in [5, 5.41) is 0. The maximum Gasteiger partial charge on any atom is 0.123 e. The lowest BCUT2D eigenvalue weighted by Gasteiger charge is -2.42. The van der Waals surface area contributed by atoms with Crippen molar-refractivity contribution in [2.75, 3.05) is 13.7 Å². The van der Waals surface area contributed by atoms with Crippen molar-refractivity contribution >= 4 is 0 Å². The lowest BCUT2D eigenvalue weighted by Crippen LogP contribution is -2.45. The minimum absolute atomic E-state index is 0.219. The Balaban J connectivity index is 1.52. The number of hydrogen-bond donors (Lipinski definition) is 0. The third-order valence-corrected chi connectivity index (χ3v) is 4.57. The van der Waals surface area contributed by atoms with Crippen LogP contribution in [0.2, 0.25) is 0 Å². The average molecular weight is 275 g/mol. The molecular formula is C17H22FNO. The lowest BCUT2D eigenvalue weighted by molar-refractivity contribution is 0.127. The maximum absolute atomic E-state index is 12.8. The van der Waals surface area contributed by atoms with Gasteiger partial charge in [-0.25, -0.2) is 4.39 Å². The van der Waals surface area contributed by atoms with Crippen molar-refractivity contribution in [3.8, 4) is 5.75 Å². The van der Waals surface area contributed by atoms with Crippen molar-refractivity contribution in [1.82, 2.24) is 4.90 Å². The summed E-state index contributed by atoms with van der Waals surface area (Å²) in [6, 6.07) is 7.60. The van der Waals surface area contributed by atoms with Gasteiger partial charge in [0.05, 0.1) is 6.61 Å². The molecule has 0 radical (unpaired) electrons. The molecular weight excluding hydrogens is 253 g/mol. The summed E-state index contributed by atoms with van der Waals surface area (Å²) in [6.45, 7) is 0.681. The molecule has 2 aliphatic heterocycles. The molecule has 3 rings (SSSR count). The van der Waals surface area contributed by atoms with Gasteiger partial charge in [-0.3, -0.25) is 4.90 Å². The van der Waals surface area contributed by atoms with Crippen molar-refractivity contribution in [3.63, 3.8) is 0 Å². The molecule has 2 unspecified atom stereocenters. The van der Waals surface area contributed by atoms with Gasteiger partial charge in [-0.15, -0.1) is 0 Å². The molecule has 0 aliphatic carbocycles. The Morgan fingerprint density at radius 2 is 2.05 bits per heavy atom. The van der Waals surface area contributed by atoms with Crippen LogP contribution in [0.5, 0.6) is 5.75 Å². The molecule has 108 valence electrons. The van der Waals surface area contributed by atoms with Crippen LogP contribution in [0, 0.1) is 5.82 Å². The second kappa shape index (κ2) is 5.96. The van der Waals surface area contributed by atoms with Crippen molar-refractivity contribution in [3.05, 3.63) is 41.7 Å². The Kier molecular flexibility index (Phi) is 4.06. The maximum atomic E-state index is 12.8. The molecule has 0 saturated carbocycles. The first-order valence-electron chi connectivity index (χ1n) is 7.52. The highest BCUT2D eigenvalue weighted by molar-refractivity contribution is 5.22. The third kappa shape index (κ3) is 3.04. The first-order chi connectivity index (χ1) is 9.72. The lowest BCUT2D eigenvalue weighted by atomic mass is 9.85. The van der Waals surface area contributed by atoms with E-state index in [2.05, 4.69) is 18.0 Å². The summed E-state index contributed by atoms with van der Waals surface area (Å²) >= 11 is 0. The van der Waals surface area contributed by atoms with E-state index in [0.29, 0.717) is 12.6 Å². The van der Waals surface area contributed by atoms with Crippen molar-refractivity contribution in [1.29, 1.82) is 0 Å². The molecule has 3 heteroatoms. The SMILES string of the molecule is CN1C2C=C(CCOc3ccc(F)cc3)CC1CCC2. The summed E-state index contributed by atoms with van der Waals surface area (Å²) in [5.41, 5.74) is 1.53. The van der Waals surface area contributed by atoms with E-state index in [1.54, 1.807) is 12.1 Å². The number of nitrogens with zero attached hydrogens (tertiary/aromatic N) is 1. The van der Waals surface area contributed by atoms with Gasteiger partial charge >= 0.3 is 0 Å². The van der Waals surface area contributed by atoms with Crippen molar-refractivity contribution < 1.29 is 9.13 Å². The average Bonchev–Trinajstić information content (AvgIpc) is 2.42. The Labute approximate surface area is 120 Å².